The van der Waals surface area contributed by atoms with Crippen LogP contribution in [0.2, 0.25) is 0 Å². The van der Waals surface area contributed by atoms with Crippen LogP contribution in [0.25, 0.3) is 0 Å². The molecule has 0 saturated carbocycles. The summed E-state index contributed by atoms with van der Waals surface area (Å²) in [6.45, 7) is 3.98. The van der Waals surface area contributed by atoms with Crippen molar-refractivity contribution in [2.45, 2.75) is 26.7 Å². The summed E-state index contributed by atoms with van der Waals surface area (Å²) in [6.07, 6.45) is 0.915. The lowest BCUT2D eigenvalue weighted by molar-refractivity contribution is -0.120. The van der Waals surface area contributed by atoms with Crippen molar-refractivity contribution in [3.8, 4) is 0 Å². The number of hydrogen-bond donors (Lipinski definition) is 1. The maximum atomic E-state index is 10.7. The average molecular weight is 130 g/mol. The summed E-state index contributed by atoms with van der Waals surface area (Å²) in [5.74, 6) is 0.580. The molecule has 0 aliphatic rings. The first-order chi connectivity index (χ1) is 4.16. The predicted octanol–water partition coefficient (Wildman–Crippen LogP) is 0.984. The molecule has 0 radical (unpaired) electrons. The van der Waals surface area contributed by atoms with Crippen LogP contribution in [-0.4, -0.2) is 17.5 Å². The molecule has 0 fully saturated rings. The zero-order valence-corrected chi connectivity index (χ0v) is 6.05. The van der Waals surface area contributed by atoms with Gasteiger partial charge in [0.05, 0.1) is 0 Å². The molecule has 54 valence electrons. The molecule has 0 aliphatic carbocycles. The highest BCUT2D eigenvalue weighted by atomic mass is 16.3. The minimum atomic E-state index is -0.00838. The van der Waals surface area contributed by atoms with E-state index in [0.29, 0.717) is 18.8 Å². The van der Waals surface area contributed by atoms with Crippen LogP contribution >= 0.6 is 0 Å². The Labute approximate surface area is 55.9 Å². The van der Waals surface area contributed by atoms with E-state index in [9.17, 15) is 4.79 Å². The summed E-state index contributed by atoms with van der Waals surface area (Å²) in [4.78, 5) is 10.7. The van der Waals surface area contributed by atoms with E-state index in [1.165, 1.54) is 0 Å². The normalized spacial score (nSPS) is 10.2. The maximum absolute atomic E-state index is 10.7. The summed E-state index contributed by atoms with van der Waals surface area (Å²) in [5.41, 5.74) is 0. The van der Waals surface area contributed by atoms with Crippen LogP contribution < -0.4 is 0 Å². The van der Waals surface area contributed by atoms with Crippen LogP contribution in [0.3, 0.4) is 0 Å². The first kappa shape index (κ1) is 8.63. The van der Waals surface area contributed by atoms with E-state index in [1.54, 1.807) is 0 Å². The largest absolute Gasteiger partial charge is 0.396 e. The molecule has 2 heteroatoms. The average Bonchev–Trinajstić information content (AvgIpc) is 1.63. The maximum Gasteiger partial charge on any atom is 0.135 e. The van der Waals surface area contributed by atoms with Crippen molar-refractivity contribution in [1.29, 1.82) is 0 Å². The molecule has 0 heterocycles. The summed E-state index contributed by atoms with van der Waals surface area (Å²) in [7, 11) is 0. The standard InChI is InChI=1S/C7H14O2/c1-6(2)5-7(9)3-4-8/h6,8H,3-5H2,1-2H3. The molecule has 0 rings (SSSR count). The summed E-state index contributed by atoms with van der Waals surface area (Å²) < 4.78 is 0. The number of carbonyl (C=O) groups is 1. The van der Waals surface area contributed by atoms with Gasteiger partial charge in [-0.05, 0) is 5.92 Å². The van der Waals surface area contributed by atoms with Gasteiger partial charge in [0.1, 0.15) is 5.78 Å². The van der Waals surface area contributed by atoms with Crippen molar-refractivity contribution < 1.29 is 9.90 Å². The van der Waals surface area contributed by atoms with Gasteiger partial charge in [-0.2, -0.15) is 0 Å². The second kappa shape index (κ2) is 4.50. The van der Waals surface area contributed by atoms with E-state index in [1.807, 2.05) is 13.8 Å². The molecule has 2 nitrogen and oxygen atoms in total. The second-order valence-corrected chi connectivity index (χ2v) is 2.61. The van der Waals surface area contributed by atoms with Crippen molar-refractivity contribution in [1.82, 2.24) is 0 Å². The van der Waals surface area contributed by atoms with Crippen molar-refractivity contribution in [2.24, 2.45) is 5.92 Å². The van der Waals surface area contributed by atoms with Gasteiger partial charge in [-0.15, -0.1) is 0 Å². The summed E-state index contributed by atoms with van der Waals surface area (Å²) in [5, 5.41) is 8.33. The quantitative estimate of drug-likeness (QED) is 0.616. The number of ketones is 1. The van der Waals surface area contributed by atoms with Crippen LogP contribution in [0.4, 0.5) is 0 Å². The Morgan fingerprint density at radius 3 is 2.44 bits per heavy atom. The molecular weight excluding hydrogens is 116 g/mol. The third kappa shape index (κ3) is 5.50. The van der Waals surface area contributed by atoms with E-state index in [4.69, 9.17) is 5.11 Å². The zero-order valence-electron chi connectivity index (χ0n) is 6.05. The topological polar surface area (TPSA) is 37.3 Å². The number of aliphatic hydroxyl groups is 1. The molecule has 9 heavy (non-hydrogen) atoms. The predicted molar refractivity (Wildman–Crippen MR) is 36.2 cm³/mol. The number of aliphatic hydroxyl groups excluding tert-OH is 1. The van der Waals surface area contributed by atoms with Crippen LogP contribution in [0, 0.1) is 5.92 Å². The van der Waals surface area contributed by atoms with Gasteiger partial charge in [0.15, 0.2) is 0 Å². The number of Topliss-reactive ketones (excluding diaryl/α,β-unsaturated/α-hetero) is 1. The van der Waals surface area contributed by atoms with E-state index in [0.717, 1.165) is 0 Å². The molecule has 0 bridgehead atoms. The Kier molecular flexibility index (Phi) is 4.32. The Balaban J connectivity index is 3.27. The molecule has 0 unspecified atom stereocenters. The van der Waals surface area contributed by atoms with Gasteiger partial charge in [0, 0.05) is 19.4 Å². The molecule has 0 spiro atoms. The van der Waals surface area contributed by atoms with E-state index >= 15 is 0 Å². The number of carbonyl (C=O) groups excluding carboxylic acids is 1. The Morgan fingerprint density at radius 1 is 1.56 bits per heavy atom. The highest BCUT2D eigenvalue weighted by molar-refractivity contribution is 5.78. The van der Waals surface area contributed by atoms with Crippen molar-refractivity contribution >= 4 is 5.78 Å². The number of rotatable bonds is 4. The van der Waals surface area contributed by atoms with Crippen molar-refractivity contribution in [2.75, 3.05) is 6.61 Å². The molecule has 0 aromatic rings. The summed E-state index contributed by atoms with van der Waals surface area (Å²) >= 11 is 0. The third-order valence-electron chi connectivity index (χ3n) is 1.03. The molecule has 0 aromatic carbocycles. The molecule has 0 amide bonds. The first-order valence-electron chi connectivity index (χ1n) is 3.29. The minimum Gasteiger partial charge on any atom is -0.396 e. The van der Waals surface area contributed by atoms with Crippen molar-refractivity contribution in [3.63, 3.8) is 0 Å². The summed E-state index contributed by atoms with van der Waals surface area (Å²) in [6, 6.07) is 0. The van der Waals surface area contributed by atoms with Gasteiger partial charge in [-0.3, -0.25) is 4.79 Å². The Bertz CT molecular complexity index is 86.9. The molecule has 0 aromatic heterocycles. The highest BCUT2D eigenvalue weighted by Gasteiger charge is 2.02. The van der Waals surface area contributed by atoms with Crippen LogP contribution in [-0.2, 0) is 4.79 Å². The highest BCUT2D eigenvalue weighted by Crippen LogP contribution is 2.01. The minimum absolute atomic E-state index is 0.00838. The van der Waals surface area contributed by atoms with E-state index < -0.39 is 0 Å². The van der Waals surface area contributed by atoms with Crippen LogP contribution in [0.5, 0.6) is 0 Å². The molecule has 0 aliphatic heterocycles. The third-order valence-corrected chi connectivity index (χ3v) is 1.03. The molecule has 0 atom stereocenters. The monoisotopic (exact) mass is 130 g/mol. The van der Waals surface area contributed by atoms with Gasteiger partial charge in [-0.25, -0.2) is 0 Å². The zero-order chi connectivity index (χ0) is 7.28. The Morgan fingerprint density at radius 2 is 2.11 bits per heavy atom. The van der Waals surface area contributed by atoms with Crippen molar-refractivity contribution in [3.05, 3.63) is 0 Å². The number of hydrogen-bond acceptors (Lipinski definition) is 2. The SMILES string of the molecule is CC(C)CC(=O)CCO. The van der Waals surface area contributed by atoms with E-state index in [-0.39, 0.29) is 12.4 Å². The van der Waals surface area contributed by atoms with Gasteiger partial charge in [0.2, 0.25) is 0 Å². The van der Waals surface area contributed by atoms with Crippen LogP contribution in [0.15, 0.2) is 0 Å². The van der Waals surface area contributed by atoms with Gasteiger partial charge in [-0.1, -0.05) is 13.8 Å². The lowest BCUT2D eigenvalue weighted by atomic mass is 10.1. The smallest absolute Gasteiger partial charge is 0.135 e. The first-order valence-corrected chi connectivity index (χ1v) is 3.29. The van der Waals surface area contributed by atoms with Gasteiger partial charge < -0.3 is 5.11 Å². The fourth-order valence-electron chi connectivity index (χ4n) is 0.682. The Hall–Kier alpha value is -0.370. The lowest BCUT2D eigenvalue weighted by Gasteiger charge is -2.00. The fraction of sp³-hybridized carbons (Fsp3) is 0.857. The molecule has 0 saturated heterocycles. The second-order valence-electron chi connectivity index (χ2n) is 2.61. The van der Waals surface area contributed by atoms with E-state index in [2.05, 4.69) is 0 Å². The fourth-order valence-corrected chi connectivity index (χ4v) is 0.682. The lowest BCUT2D eigenvalue weighted by Crippen LogP contribution is -2.04. The molecule has 1 N–H and O–H groups in total. The van der Waals surface area contributed by atoms with Crippen LogP contribution in [0.1, 0.15) is 26.7 Å². The van der Waals surface area contributed by atoms with Gasteiger partial charge >= 0.3 is 0 Å². The molecular formula is C7H14O2. The van der Waals surface area contributed by atoms with Gasteiger partial charge in [0.25, 0.3) is 0 Å².